The molecule has 1 aliphatic heterocycles. The van der Waals surface area contributed by atoms with E-state index in [4.69, 9.17) is 4.74 Å². The van der Waals surface area contributed by atoms with Crippen molar-refractivity contribution in [3.8, 4) is 5.75 Å². The van der Waals surface area contributed by atoms with Gasteiger partial charge in [0.05, 0.1) is 12.0 Å². The molecular formula is C19H22N2O4S. The molecule has 1 atom stereocenters. The number of anilines is 1. The summed E-state index contributed by atoms with van der Waals surface area (Å²) < 4.78 is 33.6. The van der Waals surface area contributed by atoms with Crippen LogP contribution in [0.2, 0.25) is 0 Å². The van der Waals surface area contributed by atoms with Gasteiger partial charge in [0.2, 0.25) is 15.9 Å². The summed E-state index contributed by atoms with van der Waals surface area (Å²) >= 11 is 0. The predicted octanol–water partition coefficient (Wildman–Crippen LogP) is 2.64. The van der Waals surface area contributed by atoms with Gasteiger partial charge in [-0.05, 0) is 43.2 Å². The number of methoxy groups -OCH3 is 1. The Balaban J connectivity index is 1.86. The Bertz CT molecular complexity index is 940. The summed E-state index contributed by atoms with van der Waals surface area (Å²) in [7, 11) is -2.14. The van der Waals surface area contributed by atoms with Crippen LogP contribution in [0, 0.1) is 0 Å². The van der Waals surface area contributed by atoms with E-state index in [1.54, 1.807) is 37.1 Å². The van der Waals surface area contributed by atoms with E-state index in [-0.39, 0.29) is 10.8 Å². The molecule has 6 nitrogen and oxygen atoms in total. The second-order valence-corrected chi connectivity index (χ2v) is 8.01. The molecular weight excluding hydrogens is 352 g/mol. The number of sulfonamides is 1. The predicted molar refractivity (Wildman–Crippen MR) is 99.9 cm³/mol. The molecule has 138 valence electrons. The van der Waals surface area contributed by atoms with Gasteiger partial charge in [0.1, 0.15) is 5.75 Å². The first-order valence-corrected chi connectivity index (χ1v) is 9.88. The highest BCUT2D eigenvalue weighted by Gasteiger charge is 2.26. The number of rotatable bonds is 5. The summed E-state index contributed by atoms with van der Waals surface area (Å²) in [5, 5.41) is 0. The Morgan fingerprint density at radius 1 is 1.23 bits per heavy atom. The number of nitrogens with zero attached hydrogens (tertiary/aromatic N) is 1. The summed E-state index contributed by atoms with van der Waals surface area (Å²) in [6, 6.07) is 11.8. The summed E-state index contributed by atoms with van der Waals surface area (Å²) in [5.41, 5.74) is 2.42. The van der Waals surface area contributed by atoms with Crippen LogP contribution >= 0.6 is 0 Å². The first-order valence-electron chi connectivity index (χ1n) is 8.40. The lowest BCUT2D eigenvalue weighted by Crippen LogP contribution is -2.27. The van der Waals surface area contributed by atoms with E-state index in [0.717, 1.165) is 16.8 Å². The maximum absolute atomic E-state index is 12.8. The molecule has 2 aromatic rings. The van der Waals surface area contributed by atoms with Crippen LogP contribution in [0.4, 0.5) is 5.69 Å². The molecule has 2 aromatic carbocycles. The molecule has 1 unspecified atom stereocenters. The first-order chi connectivity index (χ1) is 12.3. The molecule has 0 radical (unpaired) electrons. The molecule has 1 N–H and O–H groups in total. The number of hydrogen-bond donors (Lipinski definition) is 1. The maximum atomic E-state index is 12.8. The highest BCUT2D eigenvalue weighted by Crippen LogP contribution is 2.31. The second kappa shape index (κ2) is 7.09. The Morgan fingerprint density at radius 2 is 1.96 bits per heavy atom. The number of benzene rings is 2. The molecule has 0 bridgehead atoms. The number of amides is 1. The minimum atomic E-state index is -3.70. The lowest BCUT2D eigenvalue weighted by atomic mass is 10.1. The number of para-hydroxylation sites is 1. The van der Waals surface area contributed by atoms with Crippen molar-refractivity contribution in [1.29, 1.82) is 0 Å². The van der Waals surface area contributed by atoms with Crippen LogP contribution in [0.25, 0.3) is 0 Å². The minimum absolute atomic E-state index is 0.0396. The number of carbonyl (C=O) groups is 1. The van der Waals surface area contributed by atoms with Gasteiger partial charge in [-0.3, -0.25) is 4.79 Å². The molecule has 1 amide bonds. The van der Waals surface area contributed by atoms with Gasteiger partial charge in [0.25, 0.3) is 0 Å². The van der Waals surface area contributed by atoms with Crippen molar-refractivity contribution in [1.82, 2.24) is 4.72 Å². The van der Waals surface area contributed by atoms with Gasteiger partial charge >= 0.3 is 0 Å². The zero-order chi connectivity index (χ0) is 18.9. The van der Waals surface area contributed by atoms with Crippen molar-refractivity contribution >= 4 is 21.6 Å². The maximum Gasteiger partial charge on any atom is 0.241 e. The number of nitrogens with one attached hydrogen (secondary N) is 1. The Morgan fingerprint density at radius 3 is 2.65 bits per heavy atom. The Kier molecular flexibility index (Phi) is 5.02. The molecule has 1 heterocycles. The summed E-state index contributed by atoms with van der Waals surface area (Å²) in [6.45, 7) is 3.87. The van der Waals surface area contributed by atoms with Gasteiger partial charge in [-0.1, -0.05) is 18.2 Å². The smallest absolute Gasteiger partial charge is 0.241 e. The largest absolute Gasteiger partial charge is 0.496 e. The molecule has 0 saturated heterocycles. The van der Waals surface area contributed by atoms with Crippen LogP contribution in [0.15, 0.2) is 47.4 Å². The molecule has 26 heavy (non-hydrogen) atoms. The average Bonchev–Trinajstić information content (AvgIpc) is 3.04. The molecule has 0 spiro atoms. The lowest BCUT2D eigenvalue weighted by Gasteiger charge is -2.18. The molecule has 0 saturated carbocycles. The fraction of sp³-hybridized carbons (Fsp3) is 0.316. The zero-order valence-electron chi connectivity index (χ0n) is 15.0. The standard InChI is InChI=1S/C19H22N2O4S/c1-13(17-6-4-5-7-19(17)25-3)20-26(23,24)16-8-9-18-15(12-16)10-11-21(18)14(2)22/h4-9,12-13,20H,10-11H2,1-3H3. The molecule has 0 aliphatic carbocycles. The number of hydrogen-bond acceptors (Lipinski definition) is 4. The third-order valence-corrected chi connectivity index (χ3v) is 6.11. The Hall–Kier alpha value is -2.38. The van der Waals surface area contributed by atoms with E-state index in [2.05, 4.69) is 4.72 Å². The molecule has 7 heteroatoms. The van der Waals surface area contributed by atoms with E-state index in [1.807, 2.05) is 18.2 Å². The van der Waals surface area contributed by atoms with Crippen LogP contribution in [0.5, 0.6) is 5.75 Å². The van der Waals surface area contributed by atoms with Gasteiger partial charge in [-0.15, -0.1) is 0 Å². The van der Waals surface area contributed by atoms with Crippen LogP contribution in [0.1, 0.15) is 31.0 Å². The van der Waals surface area contributed by atoms with Crippen molar-refractivity contribution < 1.29 is 17.9 Å². The highest BCUT2D eigenvalue weighted by molar-refractivity contribution is 7.89. The third kappa shape index (κ3) is 3.45. The summed E-state index contributed by atoms with van der Waals surface area (Å²) in [5.74, 6) is 0.594. The number of ether oxygens (including phenoxy) is 1. The SMILES string of the molecule is COc1ccccc1C(C)NS(=O)(=O)c1ccc2c(c1)CCN2C(C)=O. The lowest BCUT2D eigenvalue weighted by molar-refractivity contribution is -0.116. The van der Waals surface area contributed by atoms with E-state index in [0.29, 0.717) is 18.7 Å². The third-order valence-electron chi connectivity index (χ3n) is 4.57. The fourth-order valence-corrected chi connectivity index (χ4v) is 4.53. The second-order valence-electron chi connectivity index (χ2n) is 6.30. The number of fused-ring (bicyclic) bond motifs is 1. The van der Waals surface area contributed by atoms with Crippen molar-refractivity contribution in [2.45, 2.75) is 31.2 Å². The van der Waals surface area contributed by atoms with Crippen LogP contribution < -0.4 is 14.4 Å². The van der Waals surface area contributed by atoms with Gasteiger partial charge in [-0.2, -0.15) is 0 Å². The van der Waals surface area contributed by atoms with Crippen molar-refractivity contribution in [2.75, 3.05) is 18.6 Å². The minimum Gasteiger partial charge on any atom is -0.496 e. The molecule has 3 rings (SSSR count). The van der Waals surface area contributed by atoms with Gasteiger partial charge in [-0.25, -0.2) is 13.1 Å². The monoisotopic (exact) mass is 374 g/mol. The van der Waals surface area contributed by atoms with Crippen molar-refractivity contribution in [3.05, 3.63) is 53.6 Å². The van der Waals surface area contributed by atoms with Crippen molar-refractivity contribution in [3.63, 3.8) is 0 Å². The normalized spacial score (nSPS) is 14.8. The highest BCUT2D eigenvalue weighted by atomic mass is 32.2. The van der Waals surface area contributed by atoms with Crippen molar-refractivity contribution in [2.24, 2.45) is 0 Å². The van der Waals surface area contributed by atoms with E-state index < -0.39 is 16.1 Å². The van der Waals surface area contributed by atoms with E-state index in [1.165, 1.54) is 13.0 Å². The molecule has 1 aliphatic rings. The first kappa shape index (κ1) is 18.4. The zero-order valence-corrected chi connectivity index (χ0v) is 15.8. The van der Waals surface area contributed by atoms with E-state index >= 15 is 0 Å². The van der Waals surface area contributed by atoms with Gasteiger partial charge < -0.3 is 9.64 Å². The summed E-state index contributed by atoms with van der Waals surface area (Å²) in [4.78, 5) is 13.5. The Labute approximate surface area is 153 Å². The molecule has 0 aromatic heterocycles. The van der Waals surface area contributed by atoms with Crippen LogP contribution in [0.3, 0.4) is 0 Å². The molecule has 0 fully saturated rings. The van der Waals surface area contributed by atoms with Gasteiger partial charge in [0.15, 0.2) is 0 Å². The quantitative estimate of drug-likeness (QED) is 0.873. The van der Waals surface area contributed by atoms with Crippen LogP contribution in [-0.2, 0) is 21.2 Å². The average molecular weight is 374 g/mol. The van der Waals surface area contributed by atoms with Crippen LogP contribution in [-0.4, -0.2) is 28.0 Å². The van der Waals surface area contributed by atoms with E-state index in [9.17, 15) is 13.2 Å². The number of carbonyl (C=O) groups excluding carboxylic acids is 1. The van der Waals surface area contributed by atoms with Gasteiger partial charge in [0, 0.05) is 30.8 Å². The fourth-order valence-electron chi connectivity index (χ4n) is 3.26. The topological polar surface area (TPSA) is 75.7 Å². The summed E-state index contributed by atoms with van der Waals surface area (Å²) in [6.07, 6.45) is 0.653.